The van der Waals surface area contributed by atoms with E-state index in [9.17, 15) is 0 Å². The number of benzene rings is 1. The molecule has 2 aromatic rings. The third-order valence-electron chi connectivity index (χ3n) is 2.44. The molecule has 0 aliphatic carbocycles. The van der Waals surface area contributed by atoms with Crippen molar-refractivity contribution in [1.29, 1.82) is 5.41 Å². The van der Waals surface area contributed by atoms with Gasteiger partial charge in [0.05, 0.1) is 11.2 Å². The van der Waals surface area contributed by atoms with Gasteiger partial charge in [-0.2, -0.15) is 4.99 Å². The minimum atomic E-state index is -0.238. The monoisotopic (exact) mass is 215 g/mol. The summed E-state index contributed by atoms with van der Waals surface area (Å²) in [4.78, 5) is 8.20. The Balaban J connectivity index is 2.91. The summed E-state index contributed by atoms with van der Waals surface area (Å²) >= 11 is 0. The minimum absolute atomic E-state index is 0.238. The maximum atomic E-state index is 7.16. The van der Waals surface area contributed by atoms with Crippen LogP contribution < -0.4 is 11.4 Å². The summed E-state index contributed by atoms with van der Waals surface area (Å²) in [5.41, 5.74) is 7.60. The topological polar surface area (TPSA) is 80.1 Å². The predicted molar refractivity (Wildman–Crippen MR) is 62.9 cm³/mol. The van der Waals surface area contributed by atoms with Crippen molar-refractivity contribution in [3.63, 3.8) is 0 Å². The molecule has 0 aliphatic heterocycles. The van der Waals surface area contributed by atoms with Gasteiger partial charge < -0.3 is 10.3 Å². The number of aryl methyl sites for hydroxylation is 2. The molecular formula is C11H13N5. The van der Waals surface area contributed by atoms with E-state index in [4.69, 9.17) is 11.1 Å². The van der Waals surface area contributed by atoms with Gasteiger partial charge in [0.15, 0.2) is 0 Å². The van der Waals surface area contributed by atoms with Gasteiger partial charge in [-0.1, -0.05) is 18.2 Å². The van der Waals surface area contributed by atoms with Gasteiger partial charge in [-0.25, -0.2) is 4.98 Å². The summed E-state index contributed by atoms with van der Waals surface area (Å²) in [6.07, 6.45) is 0. The third kappa shape index (κ3) is 1.67. The Bertz CT molecular complexity index is 624. The van der Waals surface area contributed by atoms with Crippen LogP contribution in [0.2, 0.25) is 0 Å². The van der Waals surface area contributed by atoms with E-state index >= 15 is 0 Å². The van der Waals surface area contributed by atoms with Crippen LogP contribution in [0.15, 0.2) is 29.3 Å². The standard InChI is InChI=1S/C11H13N5/c1-7-8-5-3-4-6-9(8)16(2)11(14-7)15-10(12)13/h3-6H,1-2H3,(H3,12,13). The number of aromatic nitrogens is 2. The molecule has 5 heteroatoms. The number of fused-ring (bicyclic) bond motifs is 1. The molecule has 0 saturated heterocycles. The van der Waals surface area contributed by atoms with Crippen LogP contribution in [0.25, 0.3) is 10.9 Å². The lowest BCUT2D eigenvalue weighted by molar-refractivity contribution is 0.813. The molecule has 0 unspecified atom stereocenters. The second-order valence-corrected chi connectivity index (χ2v) is 3.57. The van der Waals surface area contributed by atoms with Gasteiger partial charge in [-0.15, -0.1) is 0 Å². The van der Waals surface area contributed by atoms with E-state index in [1.54, 1.807) is 0 Å². The first-order valence-electron chi connectivity index (χ1n) is 4.90. The first-order valence-corrected chi connectivity index (χ1v) is 4.90. The Labute approximate surface area is 92.8 Å². The van der Waals surface area contributed by atoms with Gasteiger partial charge in [0.2, 0.25) is 11.6 Å². The third-order valence-corrected chi connectivity index (χ3v) is 2.44. The van der Waals surface area contributed by atoms with Gasteiger partial charge in [0, 0.05) is 12.4 Å². The van der Waals surface area contributed by atoms with Crippen LogP contribution in [0.5, 0.6) is 0 Å². The average molecular weight is 215 g/mol. The summed E-state index contributed by atoms with van der Waals surface area (Å²) in [5, 5.41) is 8.24. The number of nitrogens with zero attached hydrogens (tertiary/aromatic N) is 3. The van der Waals surface area contributed by atoms with Gasteiger partial charge in [-0.3, -0.25) is 5.41 Å². The molecule has 2 rings (SSSR count). The number of para-hydroxylation sites is 1. The van der Waals surface area contributed by atoms with Gasteiger partial charge in [0.1, 0.15) is 0 Å². The molecule has 0 saturated carbocycles. The predicted octanol–water partition coefficient (Wildman–Crippen LogP) is 0.676. The van der Waals surface area contributed by atoms with E-state index in [0.717, 1.165) is 16.6 Å². The van der Waals surface area contributed by atoms with E-state index < -0.39 is 0 Å². The molecule has 82 valence electrons. The van der Waals surface area contributed by atoms with E-state index in [1.165, 1.54) is 0 Å². The SMILES string of the molecule is Cc1nc(=NC(=N)N)n(C)c2ccccc12. The molecule has 0 fully saturated rings. The second kappa shape index (κ2) is 3.77. The number of rotatable bonds is 0. The highest BCUT2D eigenvalue weighted by molar-refractivity contribution is 5.81. The fourth-order valence-corrected chi connectivity index (χ4v) is 1.67. The summed E-state index contributed by atoms with van der Waals surface area (Å²) in [5.74, 6) is -0.238. The summed E-state index contributed by atoms with van der Waals surface area (Å²) < 4.78 is 1.82. The summed E-state index contributed by atoms with van der Waals surface area (Å²) in [6.45, 7) is 1.92. The van der Waals surface area contributed by atoms with Crippen LogP contribution in [0.1, 0.15) is 5.69 Å². The molecule has 1 aromatic heterocycles. The van der Waals surface area contributed by atoms with Crippen molar-refractivity contribution >= 4 is 16.9 Å². The maximum absolute atomic E-state index is 7.16. The van der Waals surface area contributed by atoms with Crippen molar-refractivity contribution in [3.8, 4) is 0 Å². The highest BCUT2D eigenvalue weighted by Crippen LogP contribution is 2.12. The van der Waals surface area contributed by atoms with Crippen LogP contribution in [-0.4, -0.2) is 15.5 Å². The number of guanidine groups is 1. The Morgan fingerprint density at radius 3 is 2.81 bits per heavy atom. The molecule has 0 bridgehead atoms. The summed E-state index contributed by atoms with van der Waals surface area (Å²) in [6, 6.07) is 7.93. The first-order chi connectivity index (χ1) is 7.59. The van der Waals surface area contributed by atoms with E-state index in [-0.39, 0.29) is 5.96 Å². The van der Waals surface area contributed by atoms with Crippen molar-refractivity contribution in [3.05, 3.63) is 35.6 Å². The molecule has 1 aromatic carbocycles. The smallest absolute Gasteiger partial charge is 0.233 e. The molecule has 3 N–H and O–H groups in total. The first kappa shape index (κ1) is 10.4. The van der Waals surface area contributed by atoms with Crippen molar-refractivity contribution in [1.82, 2.24) is 9.55 Å². The fourth-order valence-electron chi connectivity index (χ4n) is 1.67. The molecule has 1 heterocycles. The molecule has 5 nitrogen and oxygen atoms in total. The molecule has 0 amide bonds. The molecule has 0 spiro atoms. The zero-order valence-corrected chi connectivity index (χ0v) is 9.23. The highest BCUT2D eigenvalue weighted by atomic mass is 15.1. The number of hydrogen-bond acceptors (Lipinski definition) is 2. The van der Waals surface area contributed by atoms with E-state index in [2.05, 4.69) is 9.98 Å². The Morgan fingerprint density at radius 2 is 2.12 bits per heavy atom. The van der Waals surface area contributed by atoms with Gasteiger partial charge in [0.25, 0.3) is 0 Å². The molecular weight excluding hydrogens is 202 g/mol. The summed E-state index contributed by atoms with van der Waals surface area (Å²) in [7, 11) is 1.86. The van der Waals surface area contributed by atoms with Crippen molar-refractivity contribution in [2.75, 3.05) is 0 Å². The Kier molecular flexibility index (Phi) is 2.44. The zero-order valence-electron chi connectivity index (χ0n) is 9.23. The average Bonchev–Trinajstić information content (AvgIpc) is 2.25. The quantitative estimate of drug-likeness (QED) is 0.500. The number of hydrogen-bond donors (Lipinski definition) is 2. The normalized spacial score (nSPS) is 12.0. The van der Waals surface area contributed by atoms with Crippen LogP contribution in [0.4, 0.5) is 0 Å². The van der Waals surface area contributed by atoms with Crippen LogP contribution in [0.3, 0.4) is 0 Å². The lowest BCUT2D eigenvalue weighted by atomic mass is 10.2. The van der Waals surface area contributed by atoms with Gasteiger partial charge >= 0.3 is 0 Å². The molecule has 16 heavy (non-hydrogen) atoms. The molecule has 0 radical (unpaired) electrons. The second-order valence-electron chi connectivity index (χ2n) is 3.57. The lowest BCUT2D eigenvalue weighted by Crippen LogP contribution is -2.26. The lowest BCUT2D eigenvalue weighted by Gasteiger charge is -2.07. The molecule has 0 atom stereocenters. The van der Waals surface area contributed by atoms with Crippen LogP contribution >= 0.6 is 0 Å². The zero-order chi connectivity index (χ0) is 11.7. The van der Waals surface area contributed by atoms with E-state index in [0.29, 0.717) is 5.62 Å². The highest BCUT2D eigenvalue weighted by Gasteiger charge is 2.02. The van der Waals surface area contributed by atoms with Crippen molar-refractivity contribution < 1.29 is 0 Å². The Morgan fingerprint density at radius 1 is 1.44 bits per heavy atom. The number of nitrogens with one attached hydrogen (secondary N) is 1. The minimum Gasteiger partial charge on any atom is -0.368 e. The van der Waals surface area contributed by atoms with Crippen LogP contribution in [-0.2, 0) is 7.05 Å². The van der Waals surface area contributed by atoms with Gasteiger partial charge in [-0.05, 0) is 13.0 Å². The number of nitrogens with two attached hydrogens (primary N) is 1. The fraction of sp³-hybridized carbons (Fsp3) is 0.182. The van der Waals surface area contributed by atoms with Crippen LogP contribution in [0, 0.1) is 12.3 Å². The Hall–Kier alpha value is -2.17. The van der Waals surface area contributed by atoms with E-state index in [1.807, 2.05) is 42.8 Å². The maximum Gasteiger partial charge on any atom is 0.233 e. The van der Waals surface area contributed by atoms with Crippen molar-refractivity contribution in [2.45, 2.75) is 6.92 Å². The molecule has 0 aliphatic rings. The largest absolute Gasteiger partial charge is 0.368 e. The van der Waals surface area contributed by atoms with Crippen molar-refractivity contribution in [2.24, 2.45) is 17.8 Å².